The number of nitrogens with one attached hydrogen (secondary N) is 1. The van der Waals surface area contributed by atoms with Crippen molar-refractivity contribution in [3.63, 3.8) is 0 Å². The number of hydrogen-bond donors (Lipinski definition) is 1. The summed E-state index contributed by atoms with van der Waals surface area (Å²) in [6, 6.07) is 9.88. The molecule has 3 rings (SSSR count). The van der Waals surface area contributed by atoms with E-state index in [2.05, 4.69) is 12.2 Å². The number of thiophene rings is 1. The zero-order valence-electron chi connectivity index (χ0n) is 16.1. The van der Waals surface area contributed by atoms with Crippen molar-refractivity contribution < 1.29 is 14.3 Å². The molecule has 0 spiro atoms. The zero-order valence-corrected chi connectivity index (χ0v) is 16.9. The first-order valence-electron chi connectivity index (χ1n) is 9.24. The van der Waals surface area contributed by atoms with Crippen LogP contribution in [0.3, 0.4) is 0 Å². The summed E-state index contributed by atoms with van der Waals surface area (Å²) in [5, 5.41) is 2.78. The van der Waals surface area contributed by atoms with Gasteiger partial charge in [-0.1, -0.05) is 19.1 Å². The standard InChI is InChI=1S/C21H26N2O3S/c1-14-4-9-18-16(10-14)11-19(27-18)21(25)26-13-20(24)22-12-15-5-7-17(8-6-15)23(2)3/h5-8,11,14H,4,9-10,12-13H2,1-3H3,(H,22,24)/t14-/m0/s1. The Morgan fingerprint density at radius 2 is 2.00 bits per heavy atom. The van der Waals surface area contributed by atoms with Crippen LogP contribution in [-0.4, -0.2) is 32.6 Å². The van der Waals surface area contributed by atoms with Gasteiger partial charge < -0.3 is 15.0 Å². The lowest BCUT2D eigenvalue weighted by molar-refractivity contribution is -0.124. The third-order valence-corrected chi connectivity index (χ3v) is 6.02. The molecule has 2 aromatic rings. The molecule has 1 aromatic heterocycles. The fraction of sp³-hybridized carbons (Fsp3) is 0.429. The number of rotatable bonds is 6. The van der Waals surface area contributed by atoms with Gasteiger partial charge in [0.15, 0.2) is 6.61 Å². The molecule has 144 valence electrons. The second-order valence-electron chi connectivity index (χ2n) is 7.32. The van der Waals surface area contributed by atoms with Crippen LogP contribution < -0.4 is 10.2 Å². The van der Waals surface area contributed by atoms with Crippen molar-refractivity contribution in [3.8, 4) is 0 Å². The molecule has 0 aliphatic heterocycles. The number of esters is 1. The summed E-state index contributed by atoms with van der Waals surface area (Å²) in [5.74, 6) is -0.0453. The lowest BCUT2D eigenvalue weighted by Gasteiger charge is -2.16. The molecule has 6 heteroatoms. The Morgan fingerprint density at radius 1 is 1.26 bits per heavy atom. The second-order valence-corrected chi connectivity index (χ2v) is 8.46. The number of carbonyl (C=O) groups excluding carboxylic acids is 2. The highest BCUT2D eigenvalue weighted by atomic mass is 32.1. The van der Waals surface area contributed by atoms with E-state index < -0.39 is 5.97 Å². The number of benzene rings is 1. The molecule has 0 bridgehead atoms. The first kappa shape index (κ1) is 19.4. The van der Waals surface area contributed by atoms with Crippen molar-refractivity contribution in [2.24, 2.45) is 5.92 Å². The average Bonchev–Trinajstić information content (AvgIpc) is 3.08. The third kappa shape index (κ3) is 5.10. The van der Waals surface area contributed by atoms with E-state index in [1.807, 2.05) is 49.3 Å². The minimum absolute atomic E-state index is 0.256. The molecule has 1 aromatic carbocycles. The van der Waals surface area contributed by atoms with Gasteiger partial charge in [-0.05, 0) is 54.5 Å². The molecular weight excluding hydrogens is 360 g/mol. The lowest BCUT2D eigenvalue weighted by atomic mass is 9.90. The van der Waals surface area contributed by atoms with E-state index in [1.54, 1.807) is 0 Å². The SMILES string of the molecule is C[C@H]1CCc2sc(C(=O)OCC(=O)NCc3ccc(N(C)C)cc3)cc2C1. The van der Waals surface area contributed by atoms with Crippen molar-refractivity contribution in [2.75, 3.05) is 25.6 Å². The smallest absolute Gasteiger partial charge is 0.348 e. The number of fused-ring (bicyclic) bond motifs is 1. The lowest BCUT2D eigenvalue weighted by Crippen LogP contribution is -2.28. The monoisotopic (exact) mass is 386 g/mol. The summed E-state index contributed by atoms with van der Waals surface area (Å²) < 4.78 is 5.19. The Kier molecular flexibility index (Phi) is 6.16. The highest BCUT2D eigenvalue weighted by molar-refractivity contribution is 7.14. The van der Waals surface area contributed by atoms with E-state index in [9.17, 15) is 9.59 Å². The summed E-state index contributed by atoms with van der Waals surface area (Å²) in [4.78, 5) is 28.1. The molecule has 1 aliphatic carbocycles. The predicted octanol–water partition coefficient (Wildman–Crippen LogP) is 3.41. The average molecular weight is 387 g/mol. The summed E-state index contributed by atoms with van der Waals surface area (Å²) >= 11 is 1.50. The van der Waals surface area contributed by atoms with E-state index in [4.69, 9.17) is 4.74 Å². The molecule has 1 N–H and O–H groups in total. The van der Waals surface area contributed by atoms with Gasteiger partial charge in [0, 0.05) is 31.2 Å². The summed E-state index contributed by atoms with van der Waals surface area (Å²) in [6.45, 7) is 2.39. The van der Waals surface area contributed by atoms with E-state index >= 15 is 0 Å². The second kappa shape index (κ2) is 8.57. The summed E-state index contributed by atoms with van der Waals surface area (Å²) in [7, 11) is 3.96. The van der Waals surface area contributed by atoms with Crippen LogP contribution in [0.5, 0.6) is 0 Å². The van der Waals surface area contributed by atoms with E-state index in [0.717, 1.165) is 24.1 Å². The molecule has 0 unspecified atom stereocenters. The van der Waals surface area contributed by atoms with Gasteiger partial charge in [-0.3, -0.25) is 4.79 Å². The first-order chi connectivity index (χ1) is 12.9. The maximum Gasteiger partial charge on any atom is 0.348 e. The predicted molar refractivity (Wildman–Crippen MR) is 108 cm³/mol. The maximum atomic E-state index is 12.2. The Morgan fingerprint density at radius 3 is 2.70 bits per heavy atom. The fourth-order valence-electron chi connectivity index (χ4n) is 3.17. The molecule has 5 nitrogen and oxygen atoms in total. The molecule has 0 fully saturated rings. The quantitative estimate of drug-likeness (QED) is 0.773. The van der Waals surface area contributed by atoms with E-state index in [1.165, 1.54) is 28.2 Å². The van der Waals surface area contributed by atoms with Gasteiger partial charge >= 0.3 is 5.97 Å². The number of carbonyl (C=O) groups is 2. The van der Waals surface area contributed by atoms with Crippen molar-refractivity contribution in [1.29, 1.82) is 0 Å². The normalized spacial score (nSPS) is 15.7. The van der Waals surface area contributed by atoms with Crippen LogP contribution in [0.4, 0.5) is 5.69 Å². The van der Waals surface area contributed by atoms with Crippen LogP contribution in [0.25, 0.3) is 0 Å². The van der Waals surface area contributed by atoms with Gasteiger partial charge in [0.05, 0.1) is 0 Å². The number of hydrogen-bond acceptors (Lipinski definition) is 5. The number of amides is 1. The maximum absolute atomic E-state index is 12.2. The zero-order chi connectivity index (χ0) is 19.4. The Labute approximate surface area is 164 Å². The highest BCUT2D eigenvalue weighted by Crippen LogP contribution is 2.32. The van der Waals surface area contributed by atoms with Gasteiger partial charge in [-0.15, -0.1) is 11.3 Å². The largest absolute Gasteiger partial charge is 0.451 e. The van der Waals surface area contributed by atoms with Crippen LogP contribution >= 0.6 is 11.3 Å². The van der Waals surface area contributed by atoms with Crippen molar-refractivity contribution in [1.82, 2.24) is 5.32 Å². The Balaban J connectivity index is 1.45. The van der Waals surface area contributed by atoms with Crippen LogP contribution in [0.1, 0.15) is 39.0 Å². The molecule has 1 aliphatic rings. The van der Waals surface area contributed by atoms with Crippen molar-refractivity contribution >= 4 is 28.9 Å². The Hall–Kier alpha value is -2.34. The molecule has 1 amide bonds. The van der Waals surface area contributed by atoms with E-state index in [0.29, 0.717) is 17.3 Å². The number of nitrogens with zero attached hydrogens (tertiary/aromatic N) is 1. The van der Waals surface area contributed by atoms with Gasteiger partial charge in [-0.2, -0.15) is 0 Å². The van der Waals surface area contributed by atoms with E-state index in [-0.39, 0.29) is 12.5 Å². The number of aryl methyl sites for hydroxylation is 1. The fourth-order valence-corrected chi connectivity index (χ4v) is 4.27. The molecule has 1 heterocycles. The van der Waals surface area contributed by atoms with Crippen LogP contribution in [-0.2, 0) is 28.9 Å². The molecule has 0 radical (unpaired) electrons. The van der Waals surface area contributed by atoms with Crippen molar-refractivity contribution in [3.05, 3.63) is 51.2 Å². The van der Waals surface area contributed by atoms with Gasteiger partial charge in [0.2, 0.25) is 0 Å². The molecule has 0 saturated carbocycles. The topological polar surface area (TPSA) is 58.6 Å². The summed E-state index contributed by atoms with van der Waals surface area (Å²) in [5.41, 5.74) is 3.36. The minimum Gasteiger partial charge on any atom is -0.451 e. The van der Waals surface area contributed by atoms with Crippen LogP contribution in [0.15, 0.2) is 30.3 Å². The van der Waals surface area contributed by atoms with Gasteiger partial charge in [0.25, 0.3) is 5.91 Å². The van der Waals surface area contributed by atoms with Crippen LogP contribution in [0, 0.1) is 5.92 Å². The first-order valence-corrected chi connectivity index (χ1v) is 10.1. The highest BCUT2D eigenvalue weighted by Gasteiger charge is 2.21. The molecule has 0 saturated heterocycles. The number of ether oxygens (including phenoxy) is 1. The van der Waals surface area contributed by atoms with Crippen molar-refractivity contribution in [2.45, 2.75) is 32.7 Å². The van der Waals surface area contributed by atoms with Crippen LogP contribution in [0.2, 0.25) is 0 Å². The molecule has 1 atom stereocenters. The Bertz CT molecular complexity index is 811. The minimum atomic E-state index is -0.410. The summed E-state index contributed by atoms with van der Waals surface area (Å²) in [6.07, 6.45) is 3.22. The van der Waals surface area contributed by atoms with Gasteiger partial charge in [0.1, 0.15) is 4.88 Å². The number of anilines is 1. The van der Waals surface area contributed by atoms with Gasteiger partial charge in [-0.25, -0.2) is 4.79 Å². The molecule has 27 heavy (non-hydrogen) atoms. The molecular formula is C21H26N2O3S. The third-order valence-electron chi connectivity index (χ3n) is 4.81.